The predicted octanol–water partition coefficient (Wildman–Crippen LogP) is 5.04. The van der Waals surface area contributed by atoms with Gasteiger partial charge in [0.05, 0.1) is 11.9 Å². The average Bonchev–Trinajstić information content (AvgIpc) is 3.28. The van der Waals surface area contributed by atoms with Crippen LogP contribution < -0.4 is 5.56 Å². The maximum absolute atomic E-state index is 12.8. The van der Waals surface area contributed by atoms with E-state index in [-0.39, 0.29) is 5.56 Å². The van der Waals surface area contributed by atoms with Gasteiger partial charge in [-0.1, -0.05) is 37.3 Å². The molecule has 0 aliphatic heterocycles. The highest BCUT2D eigenvalue weighted by Crippen LogP contribution is 2.35. The molecule has 3 heterocycles. The second kappa shape index (κ2) is 7.76. The number of aryl methyl sites for hydroxylation is 1. The SMILES string of the molecule is CCN(Cc1ccccc1)Cc1nc2scc(-c3ccc(C)s3)c2c(=O)[nH]1. The molecule has 0 amide bonds. The molecule has 0 aliphatic rings. The lowest BCUT2D eigenvalue weighted by molar-refractivity contribution is 0.264. The van der Waals surface area contributed by atoms with Gasteiger partial charge in [-0.05, 0) is 31.2 Å². The molecular formula is C21H21N3OS2. The molecule has 4 nitrogen and oxygen atoms in total. The van der Waals surface area contributed by atoms with Crippen LogP contribution in [0.15, 0.2) is 52.6 Å². The summed E-state index contributed by atoms with van der Waals surface area (Å²) in [5.74, 6) is 0.723. The molecule has 1 aromatic carbocycles. The molecule has 27 heavy (non-hydrogen) atoms. The van der Waals surface area contributed by atoms with Crippen molar-refractivity contribution in [3.8, 4) is 10.4 Å². The molecule has 1 N–H and O–H groups in total. The van der Waals surface area contributed by atoms with Gasteiger partial charge in [0.1, 0.15) is 10.7 Å². The Kier molecular flexibility index (Phi) is 5.20. The molecule has 0 unspecified atom stereocenters. The Morgan fingerprint density at radius 2 is 1.93 bits per heavy atom. The van der Waals surface area contributed by atoms with Crippen LogP contribution in [0.2, 0.25) is 0 Å². The van der Waals surface area contributed by atoms with Crippen LogP contribution in [0, 0.1) is 6.92 Å². The Labute approximate surface area is 166 Å². The smallest absolute Gasteiger partial charge is 0.260 e. The van der Waals surface area contributed by atoms with E-state index in [9.17, 15) is 4.79 Å². The third-order valence-electron chi connectivity index (χ3n) is 4.57. The Morgan fingerprint density at radius 3 is 2.63 bits per heavy atom. The Balaban J connectivity index is 1.62. The van der Waals surface area contributed by atoms with Gasteiger partial charge in [-0.25, -0.2) is 4.98 Å². The van der Waals surface area contributed by atoms with Gasteiger partial charge >= 0.3 is 0 Å². The van der Waals surface area contributed by atoms with Gasteiger partial charge in [-0.2, -0.15) is 0 Å². The van der Waals surface area contributed by atoms with Gasteiger partial charge in [0.2, 0.25) is 0 Å². The highest BCUT2D eigenvalue weighted by molar-refractivity contribution is 7.19. The quantitative estimate of drug-likeness (QED) is 0.497. The maximum atomic E-state index is 12.8. The molecule has 4 rings (SSSR count). The first-order valence-electron chi connectivity index (χ1n) is 8.97. The fourth-order valence-electron chi connectivity index (χ4n) is 3.16. The molecule has 6 heteroatoms. The molecular weight excluding hydrogens is 374 g/mol. The van der Waals surface area contributed by atoms with E-state index in [1.54, 1.807) is 22.7 Å². The number of hydrogen-bond acceptors (Lipinski definition) is 5. The van der Waals surface area contributed by atoms with E-state index < -0.39 is 0 Å². The third-order valence-corrected chi connectivity index (χ3v) is 6.47. The van der Waals surface area contributed by atoms with Crippen molar-refractivity contribution in [1.29, 1.82) is 0 Å². The summed E-state index contributed by atoms with van der Waals surface area (Å²) < 4.78 is 0. The molecule has 0 spiro atoms. The van der Waals surface area contributed by atoms with Gasteiger partial charge in [-0.15, -0.1) is 22.7 Å². The van der Waals surface area contributed by atoms with Crippen molar-refractivity contribution >= 4 is 32.9 Å². The van der Waals surface area contributed by atoms with Crippen molar-refractivity contribution in [3.63, 3.8) is 0 Å². The highest BCUT2D eigenvalue weighted by atomic mass is 32.1. The number of rotatable bonds is 6. The number of H-pyrrole nitrogens is 1. The first-order valence-corrected chi connectivity index (χ1v) is 10.7. The predicted molar refractivity (Wildman–Crippen MR) is 115 cm³/mol. The summed E-state index contributed by atoms with van der Waals surface area (Å²) >= 11 is 3.25. The minimum atomic E-state index is -0.0481. The summed E-state index contributed by atoms with van der Waals surface area (Å²) in [6.07, 6.45) is 0. The van der Waals surface area contributed by atoms with E-state index >= 15 is 0 Å². The van der Waals surface area contributed by atoms with Crippen LogP contribution in [0.1, 0.15) is 23.2 Å². The monoisotopic (exact) mass is 395 g/mol. The molecule has 3 aromatic heterocycles. The largest absolute Gasteiger partial charge is 0.309 e. The van der Waals surface area contributed by atoms with Gasteiger partial charge in [0, 0.05) is 27.2 Å². The van der Waals surface area contributed by atoms with Crippen molar-refractivity contribution in [2.75, 3.05) is 6.54 Å². The molecule has 138 valence electrons. The molecule has 0 atom stereocenters. The van der Waals surface area contributed by atoms with E-state index in [1.165, 1.54) is 10.4 Å². The highest BCUT2D eigenvalue weighted by Gasteiger charge is 2.15. The molecule has 0 fully saturated rings. The second-order valence-electron chi connectivity index (χ2n) is 6.54. The fourth-order valence-corrected chi connectivity index (χ4v) is 5.08. The average molecular weight is 396 g/mol. The molecule has 0 saturated heterocycles. The minimum absolute atomic E-state index is 0.0481. The molecule has 0 saturated carbocycles. The lowest BCUT2D eigenvalue weighted by Crippen LogP contribution is -2.25. The van der Waals surface area contributed by atoms with Crippen molar-refractivity contribution in [1.82, 2.24) is 14.9 Å². The number of hydrogen-bond donors (Lipinski definition) is 1. The van der Waals surface area contributed by atoms with Crippen LogP contribution >= 0.6 is 22.7 Å². The van der Waals surface area contributed by atoms with Crippen molar-refractivity contribution in [2.24, 2.45) is 0 Å². The van der Waals surface area contributed by atoms with Crippen LogP contribution in [0.5, 0.6) is 0 Å². The number of nitrogens with zero attached hydrogens (tertiary/aromatic N) is 2. The van der Waals surface area contributed by atoms with E-state index in [4.69, 9.17) is 4.98 Å². The zero-order chi connectivity index (χ0) is 18.8. The van der Waals surface area contributed by atoms with Crippen LogP contribution in [0.25, 0.3) is 20.7 Å². The zero-order valence-corrected chi connectivity index (χ0v) is 17.0. The number of aromatic nitrogens is 2. The van der Waals surface area contributed by atoms with Crippen molar-refractivity contribution in [3.05, 3.63) is 74.5 Å². The summed E-state index contributed by atoms with van der Waals surface area (Å²) in [5, 5.41) is 2.75. The second-order valence-corrected chi connectivity index (χ2v) is 8.69. The van der Waals surface area contributed by atoms with Gasteiger partial charge < -0.3 is 4.98 Å². The van der Waals surface area contributed by atoms with Crippen LogP contribution in [-0.2, 0) is 13.1 Å². The molecule has 0 bridgehead atoms. The summed E-state index contributed by atoms with van der Waals surface area (Å²) in [4.78, 5) is 26.0. The standard InChI is InChI=1S/C21H21N3OS2/c1-3-24(11-15-7-5-4-6-8-15)12-18-22-20(25)19-16(13-26-21(19)23-18)17-10-9-14(2)27-17/h4-10,13H,3,11-12H2,1-2H3,(H,22,23,25). The van der Waals surface area contributed by atoms with Crippen LogP contribution in [0.3, 0.4) is 0 Å². The lowest BCUT2D eigenvalue weighted by Gasteiger charge is -2.19. The van der Waals surface area contributed by atoms with Crippen molar-refractivity contribution in [2.45, 2.75) is 26.9 Å². The Hall–Kier alpha value is -2.28. The summed E-state index contributed by atoms with van der Waals surface area (Å²) in [6.45, 7) is 6.56. The maximum Gasteiger partial charge on any atom is 0.260 e. The fraction of sp³-hybridized carbons (Fsp3) is 0.238. The minimum Gasteiger partial charge on any atom is -0.309 e. The topological polar surface area (TPSA) is 49.0 Å². The van der Waals surface area contributed by atoms with Gasteiger partial charge in [0.25, 0.3) is 5.56 Å². The molecule has 0 radical (unpaired) electrons. The van der Waals surface area contributed by atoms with E-state index in [2.05, 4.69) is 60.1 Å². The molecule has 4 aromatic rings. The number of thiophene rings is 2. The van der Waals surface area contributed by atoms with E-state index in [0.717, 1.165) is 34.2 Å². The Morgan fingerprint density at radius 1 is 1.11 bits per heavy atom. The number of benzene rings is 1. The third kappa shape index (κ3) is 3.88. The lowest BCUT2D eigenvalue weighted by atomic mass is 10.2. The zero-order valence-electron chi connectivity index (χ0n) is 15.4. The molecule has 0 aliphatic carbocycles. The summed E-state index contributed by atoms with van der Waals surface area (Å²) in [7, 11) is 0. The number of fused-ring (bicyclic) bond motifs is 1. The summed E-state index contributed by atoms with van der Waals surface area (Å²) in [6, 6.07) is 14.5. The normalized spacial score (nSPS) is 11.5. The van der Waals surface area contributed by atoms with Crippen LogP contribution in [0.4, 0.5) is 0 Å². The van der Waals surface area contributed by atoms with E-state index in [0.29, 0.717) is 11.9 Å². The van der Waals surface area contributed by atoms with Gasteiger partial charge in [0.15, 0.2) is 0 Å². The first kappa shape index (κ1) is 18.1. The summed E-state index contributed by atoms with van der Waals surface area (Å²) in [5.41, 5.74) is 2.20. The van der Waals surface area contributed by atoms with Crippen LogP contribution in [-0.4, -0.2) is 21.4 Å². The van der Waals surface area contributed by atoms with E-state index in [1.807, 2.05) is 11.4 Å². The first-order chi connectivity index (χ1) is 13.1. The number of aromatic amines is 1. The van der Waals surface area contributed by atoms with Gasteiger partial charge in [-0.3, -0.25) is 9.69 Å². The number of nitrogens with one attached hydrogen (secondary N) is 1. The van der Waals surface area contributed by atoms with Crippen molar-refractivity contribution < 1.29 is 0 Å². The Bertz CT molecular complexity index is 1110.